The van der Waals surface area contributed by atoms with Crippen LogP contribution in [0.5, 0.6) is 5.75 Å². The van der Waals surface area contributed by atoms with Gasteiger partial charge in [-0.25, -0.2) is 9.37 Å². The predicted octanol–water partition coefficient (Wildman–Crippen LogP) is 2.64. The highest BCUT2D eigenvalue weighted by molar-refractivity contribution is 5.67. The first-order valence-electron chi connectivity index (χ1n) is 6.14. The monoisotopic (exact) mass is 272 g/mol. The maximum atomic E-state index is 13.3. The lowest BCUT2D eigenvalue weighted by molar-refractivity contribution is 0.276. The number of pyridine rings is 1. The molecular weight excluding hydrogens is 259 g/mol. The molecule has 0 bridgehead atoms. The highest BCUT2D eigenvalue weighted by Gasteiger charge is 2.14. The number of aliphatic hydroxyl groups excluding tert-OH is 1. The van der Waals surface area contributed by atoms with Crippen LogP contribution in [0.2, 0.25) is 0 Å². The van der Waals surface area contributed by atoms with E-state index in [1.165, 1.54) is 12.3 Å². The predicted molar refractivity (Wildman–Crippen MR) is 73.1 cm³/mol. The van der Waals surface area contributed by atoms with Gasteiger partial charge < -0.3 is 9.84 Å². The second-order valence-electron chi connectivity index (χ2n) is 4.37. The maximum Gasteiger partial charge on any atom is 0.139 e. The summed E-state index contributed by atoms with van der Waals surface area (Å²) in [4.78, 5) is 4.45. The molecule has 0 aliphatic heterocycles. The number of aliphatic hydroxyl groups is 1. The summed E-state index contributed by atoms with van der Waals surface area (Å²) < 4.78 is 20.1. The summed E-state index contributed by atoms with van der Waals surface area (Å²) in [5.74, 6) is 0.330. The number of aromatic nitrogens is 2. The van der Waals surface area contributed by atoms with Crippen LogP contribution in [0.25, 0.3) is 16.9 Å². The van der Waals surface area contributed by atoms with Gasteiger partial charge in [0.25, 0.3) is 0 Å². The van der Waals surface area contributed by atoms with Crippen molar-refractivity contribution in [2.24, 2.45) is 0 Å². The van der Waals surface area contributed by atoms with Crippen LogP contribution in [-0.4, -0.2) is 21.6 Å². The summed E-state index contributed by atoms with van der Waals surface area (Å²) in [7, 11) is 1.59. The summed E-state index contributed by atoms with van der Waals surface area (Å²) >= 11 is 0. The zero-order valence-corrected chi connectivity index (χ0v) is 10.9. The molecule has 3 aromatic rings. The van der Waals surface area contributed by atoms with E-state index in [0.29, 0.717) is 22.8 Å². The fraction of sp³-hybridized carbons (Fsp3) is 0.133. The third-order valence-electron chi connectivity index (χ3n) is 3.17. The Labute approximate surface area is 115 Å². The van der Waals surface area contributed by atoms with Crippen molar-refractivity contribution >= 4 is 5.65 Å². The molecule has 1 aromatic carbocycles. The minimum atomic E-state index is -0.373. The number of fused-ring (bicyclic) bond motifs is 1. The van der Waals surface area contributed by atoms with Crippen LogP contribution in [-0.2, 0) is 6.61 Å². The van der Waals surface area contributed by atoms with E-state index in [1.807, 2.05) is 24.3 Å². The van der Waals surface area contributed by atoms with E-state index in [0.717, 1.165) is 5.56 Å². The van der Waals surface area contributed by atoms with Crippen LogP contribution in [0, 0.1) is 5.82 Å². The Morgan fingerprint density at radius 1 is 1.30 bits per heavy atom. The van der Waals surface area contributed by atoms with Gasteiger partial charge in [-0.3, -0.25) is 4.40 Å². The Kier molecular flexibility index (Phi) is 3.12. The van der Waals surface area contributed by atoms with Gasteiger partial charge in [0.15, 0.2) is 0 Å². The van der Waals surface area contributed by atoms with Crippen LogP contribution in [0.15, 0.2) is 42.6 Å². The molecule has 0 spiro atoms. The van der Waals surface area contributed by atoms with Crippen molar-refractivity contribution in [2.75, 3.05) is 7.11 Å². The molecular formula is C15H13FN2O2. The summed E-state index contributed by atoms with van der Waals surface area (Å²) in [6.45, 7) is -0.225. The maximum absolute atomic E-state index is 13.3. The molecule has 0 saturated heterocycles. The molecule has 0 aliphatic rings. The van der Waals surface area contributed by atoms with E-state index in [1.54, 1.807) is 17.6 Å². The van der Waals surface area contributed by atoms with Crippen molar-refractivity contribution in [3.05, 3.63) is 54.1 Å². The van der Waals surface area contributed by atoms with Gasteiger partial charge in [0.2, 0.25) is 0 Å². The van der Waals surface area contributed by atoms with Crippen LogP contribution in [0.1, 0.15) is 5.69 Å². The minimum Gasteiger partial charge on any atom is -0.497 e. The molecule has 0 radical (unpaired) electrons. The number of benzene rings is 1. The Balaban J connectivity index is 2.24. The van der Waals surface area contributed by atoms with Gasteiger partial charge in [-0.15, -0.1) is 0 Å². The fourth-order valence-corrected chi connectivity index (χ4v) is 2.22. The normalized spacial score (nSPS) is 10.9. The lowest BCUT2D eigenvalue weighted by Gasteiger charge is -2.04. The first kappa shape index (κ1) is 12.6. The smallest absolute Gasteiger partial charge is 0.139 e. The van der Waals surface area contributed by atoms with Crippen molar-refractivity contribution in [1.29, 1.82) is 0 Å². The minimum absolute atomic E-state index is 0.225. The first-order valence-corrected chi connectivity index (χ1v) is 6.14. The van der Waals surface area contributed by atoms with Crippen LogP contribution in [0.4, 0.5) is 4.39 Å². The SMILES string of the molecule is COc1cccc(-c2nc3ccc(F)cn3c2CO)c1. The average molecular weight is 272 g/mol. The lowest BCUT2D eigenvalue weighted by atomic mass is 10.1. The van der Waals surface area contributed by atoms with E-state index < -0.39 is 0 Å². The Bertz CT molecular complexity index is 768. The van der Waals surface area contributed by atoms with Crippen molar-refractivity contribution < 1.29 is 14.2 Å². The summed E-state index contributed by atoms with van der Waals surface area (Å²) in [5.41, 5.74) is 2.58. The molecule has 1 N–H and O–H groups in total. The fourth-order valence-electron chi connectivity index (χ4n) is 2.22. The molecule has 4 nitrogen and oxygen atoms in total. The molecule has 0 aliphatic carbocycles. The molecule has 0 fully saturated rings. The average Bonchev–Trinajstić information content (AvgIpc) is 2.85. The summed E-state index contributed by atoms with van der Waals surface area (Å²) in [6.07, 6.45) is 1.32. The molecule has 2 aromatic heterocycles. The number of methoxy groups -OCH3 is 1. The van der Waals surface area contributed by atoms with Crippen LogP contribution in [0.3, 0.4) is 0 Å². The highest BCUT2D eigenvalue weighted by Crippen LogP contribution is 2.27. The summed E-state index contributed by atoms with van der Waals surface area (Å²) in [6, 6.07) is 10.3. The molecule has 3 rings (SSSR count). The Morgan fingerprint density at radius 3 is 2.90 bits per heavy atom. The highest BCUT2D eigenvalue weighted by atomic mass is 19.1. The van der Waals surface area contributed by atoms with Crippen molar-refractivity contribution in [3.8, 4) is 17.0 Å². The van der Waals surface area contributed by atoms with Crippen molar-refractivity contribution in [1.82, 2.24) is 9.38 Å². The van der Waals surface area contributed by atoms with E-state index in [9.17, 15) is 9.50 Å². The topological polar surface area (TPSA) is 46.8 Å². The van der Waals surface area contributed by atoms with Crippen LogP contribution < -0.4 is 4.74 Å². The molecule has 0 unspecified atom stereocenters. The van der Waals surface area contributed by atoms with Gasteiger partial charge in [-0.2, -0.15) is 0 Å². The van der Waals surface area contributed by atoms with Crippen molar-refractivity contribution in [3.63, 3.8) is 0 Å². The van der Waals surface area contributed by atoms with Gasteiger partial charge in [0.05, 0.1) is 25.1 Å². The zero-order valence-electron chi connectivity index (χ0n) is 10.9. The van der Waals surface area contributed by atoms with E-state index in [2.05, 4.69) is 4.98 Å². The number of hydrogen-bond acceptors (Lipinski definition) is 3. The number of ether oxygens (including phenoxy) is 1. The lowest BCUT2D eigenvalue weighted by Crippen LogP contribution is -1.95. The standard InChI is InChI=1S/C15H13FN2O2/c1-20-12-4-2-3-10(7-12)15-13(9-19)18-8-11(16)5-6-14(18)17-15/h2-8,19H,9H2,1H3. The quantitative estimate of drug-likeness (QED) is 0.797. The number of hydrogen-bond donors (Lipinski definition) is 1. The molecule has 0 atom stereocenters. The molecule has 102 valence electrons. The largest absolute Gasteiger partial charge is 0.497 e. The number of halogens is 1. The number of imidazole rings is 1. The van der Waals surface area contributed by atoms with Gasteiger partial charge in [0.1, 0.15) is 17.2 Å². The molecule has 0 saturated carbocycles. The third kappa shape index (κ3) is 2.02. The Morgan fingerprint density at radius 2 is 2.15 bits per heavy atom. The van der Waals surface area contributed by atoms with Gasteiger partial charge in [-0.05, 0) is 24.3 Å². The van der Waals surface area contributed by atoms with E-state index in [4.69, 9.17) is 4.74 Å². The number of nitrogens with zero attached hydrogens (tertiary/aromatic N) is 2. The summed E-state index contributed by atoms with van der Waals surface area (Å²) in [5, 5.41) is 9.57. The molecule has 20 heavy (non-hydrogen) atoms. The van der Waals surface area contributed by atoms with Gasteiger partial charge in [-0.1, -0.05) is 12.1 Å². The van der Waals surface area contributed by atoms with Crippen molar-refractivity contribution in [2.45, 2.75) is 6.61 Å². The van der Waals surface area contributed by atoms with E-state index in [-0.39, 0.29) is 12.4 Å². The molecule has 2 heterocycles. The van der Waals surface area contributed by atoms with E-state index >= 15 is 0 Å². The van der Waals surface area contributed by atoms with Crippen LogP contribution >= 0.6 is 0 Å². The van der Waals surface area contributed by atoms with Gasteiger partial charge in [0, 0.05) is 11.8 Å². The second kappa shape index (κ2) is 4.94. The zero-order chi connectivity index (χ0) is 14.1. The molecule has 5 heteroatoms. The third-order valence-corrected chi connectivity index (χ3v) is 3.17. The second-order valence-corrected chi connectivity index (χ2v) is 4.37. The first-order chi connectivity index (χ1) is 9.72. The molecule has 0 amide bonds. The van der Waals surface area contributed by atoms with Gasteiger partial charge >= 0.3 is 0 Å². The Hall–Kier alpha value is -2.40. The number of rotatable bonds is 3.